The standard InChI is InChI=1S/C23H46N2O.C3H6O2/c1-5-7-8-9-10-11-12-13-14-15-16-17-18-19-20-21-23(26)24-22(6-2)25(3)4;1-2-3(4)5/h13-14,22H,5-12,15-21H2,1-4H3,(H,24,26);2H2,1H3,(H,4,5)/b14-13-;. The molecule has 0 fully saturated rings. The summed E-state index contributed by atoms with van der Waals surface area (Å²) in [5.74, 6) is -0.548. The van der Waals surface area contributed by atoms with Gasteiger partial charge in [-0.3, -0.25) is 14.5 Å². The zero-order chi connectivity index (χ0) is 23.7. The van der Waals surface area contributed by atoms with Crippen molar-refractivity contribution in [3.8, 4) is 0 Å². The Morgan fingerprint density at radius 2 is 1.26 bits per heavy atom. The van der Waals surface area contributed by atoms with E-state index in [-0.39, 0.29) is 18.5 Å². The van der Waals surface area contributed by atoms with Gasteiger partial charge in [-0.1, -0.05) is 84.3 Å². The number of nitrogens with one attached hydrogen (secondary N) is 1. The van der Waals surface area contributed by atoms with E-state index in [1.165, 1.54) is 77.0 Å². The Labute approximate surface area is 193 Å². The van der Waals surface area contributed by atoms with Crippen LogP contribution in [0.5, 0.6) is 0 Å². The van der Waals surface area contributed by atoms with Crippen LogP contribution in [0.2, 0.25) is 0 Å². The minimum absolute atomic E-state index is 0.172. The SMILES string of the molecule is CCC(=O)O.CCCCCCCC/C=C\CCCCCCCC(=O)NC(CC)N(C)C. The first-order valence-electron chi connectivity index (χ1n) is 12.7. The molecule has 1 atom stereocenters. The van der Waals surface area contributed by atoms with Crippen molar-refractivity contribution in [1.29, 1.82) is 0 Å². The fourth-order valence-electron chi connectivity index (χ4n) is 3.21. The van der Waals surface area contributed by atoms with Crippen LogP contribution >= 0.6 is 0 Å². The molecular formula is C26H52N2O3. The van der Waals surface area contributed by atoms with E-state index in [9.17, 15) is 9.59 Å². The van der Waals surface area contributed by atoms with Crippen LogP contribution in [0.25, 0.3) is 0 Å². The lowest BCUT2D eigenvalue weighted by molar-refractivity contribution is -0.136. The molecule has 0 bridgehead atoms. The van der Waals surface area contributed by atoms with Crippen LogP contribution in [0.15, 0.2) is 12.2 Å². The minimum Gasteiger partial charge on any atom is -0.481 e. The third kappa shape index (κ3) is 26.6. The topological polar surface area (TPSA) is 69.6 Å². The number of carboxylic acid groups (broad SMARTS) is 1. The smallest absolute Gasteiger partial charge is 0.303 e. The van der Waals surface area contributed by atoms with Gasteiger partial charge in [0.05, 0.1) is 6.17 Å². The van der Waals surface area contributed by atoms with Gasteiger partial charge in [0.1, 0.15) is 0 Å². The highest BCUT2D eigenvalue weighted by atomic mass is 16.4. The molecule has 31 heavy (non-hydrogen) atoms. The van der Waals surface area contributed by atoms with Crippen LogP contribution in [0, 0.1) is 0 Å². The monoisotopic (exact) mass is 440 g/mol. The minimum atomic E-state index is -0.745. The molecule has 0 saturated heterocycles. The van der Waals surface area contributed by atoms with Gasteiger partial charge in [-0.25, -0.2) is 0 Å². The highest BCUT2D eigenvalue weighted by Crippen LogP contribution is 2.10. The Morgan fingerprint density at radius 1 is 0.806 bits per heavy atom. The summed E-state index contributed by atoms with van der Waals surface area (Å²) in [5.41, 5.74) is 0. The highest BCUT2D eigenvalue weighted by molar-refractivity contribution is 5.76. The number of amides is 1. The number of unbranched alkanes of at least 4 members (excludes halogenated alkanes) is 11. The Bertz CT molecular complexity index is 436. The van der Waals surface area contributed by atoms with Crippen LogP contribution < -0.4 is 5.32 Å². The van der Waals surface area contributed by atoms with Gasteiger partial charge in [0.2, 0.25) is 5.91 Å². The van der Waals surface area contributed by atoms with Crippen LogP contribution in [-0.2, 0) is 9.59 Å². The molecule has 184 valence electrons. The fraction of sp³-hybridized carbons (Fsp3) is 0.846. The third-order valence-corrected chi connectivity index (χ3v) is 5.31. The number of allylic oxidation sites excluding steroid dienone is 2. The average Bonchev–Trinajstić information content (AvgIpc) is 2.74. The molecule has 0 aromatic carbocycles. The second kappa shape index (κ2) is 24.9. The lowest BCUT2D eigenvalue weighted by atomic mass is 10.1. The van der Waals surface area contributed by atoms with Crippen molar-refractivity contribution in [2.75, 3.05) is 14.1 Å². The third-order valence-electron chi connectivity index (χ3n) is 5.31. The van der Waals surface area contributed by atoms with Gasteiger partial charge in [0, 0.05) is 12.8 Å². The maximum absolute atomic E-state index is 11.9. The molecule has 0 aromatic heterocycles. The van der Waals surface area contributed by atoms with Crippen molar-refractivity contribution >= 4 is 11.9 Å². The molecule has 1 amide bonds. The van der Waals surface area contributed by atoms with Gasteiger partial charge < -0.3 is 10.4 Å². The first kappa shape index (κ1) is 31.8. The molecule has 5 heteroatoms. The second-order valence-electron chi connectivity index (χ2n) is 8.54. The Morgan fingerprint density at radius 3 is 1.68 bits per heavy atom. The predicted molar refractivity (Wildman–Crippen MR) is 133 cm³/mol. The van der Waals surface area contributed by atoms with E-state index in [0.29, 0.717) is 6.42 Å². The van der Waals surface area contributed by atoms with E-state index in [4.69, 9.17) is 5.11 Å². The summed E-state index contributed by atoms with van der Waals surface area (Å²) in [6.45, 7) is 5.98. The summed E-state index contributed by atoms with van der Waals surface area (Å²) < 4.78 is 0. The molecule has 0 radical (unpaired) electrons. The highest BCUT2D eigenvalue weighted by Gasteiger charge is 2.11. The number of carbonyl (C=O) groups excluding carboxylic acids is 1. The van der Waals surface area contributed by atoms with Gasteiger partial charge in [-0.15, -0.1) is 0 Å². The van der Waals surface area contributed by atoms with Gasteiger partial charge in [0.25, 0.3) is 0 Å². The lowest BCUT2D eigenvalue weighted by Gasteiger charge is -2.23. The quantitative estimate of drug-likeness (QED) is 0.130. The van der Waals surface area contributed by atoms with Crippen molar-refractivity contribution in [3.63, 3.8) is 0 Å². The lowest BCUT2D eigenvalue weighted by Crippen LogP contribution is -2.44. The summed E-state index contributed by atoms with van der Waals surface area (Å²) in [4.78, 5) is 23.3. The van der Waals surface area contributed by atoms with E-state index in [1.54, 1.807) is 6.92 Å². The molecule has 1 unspecified atom stereocenters. The van der Waals surface area contributed by atoms with Crippen molar-refractivity contribution in [2.45, 2.75) is 130 Å². The summed E-state index contributed by atoms with van der Waals surface area (Å²) in [6, 6.07) is 0. The van der Waals surface area contributed by atoms with Gasteiger partial charge in [-0.05, 0) is 52.6 Å². The zero-order valence-corrected chi connectivity index (χ0v) is 21.3. The van der Waals surface area contributed by atoms with Crippen molar-refractivity contribution in [3.05, 3.63) is 12.2 Å². The number of carboxylic acids is 1. The number of rotatable bonds is 19. The Kier molecular flexibility index (Phi) is 25.6. The van der Waals surface area contributed by atoms with Crippen molar-refractivity contribution < 1.29 is 14.7 Å². The predicted octanol–water partition coefficient (Wildman–Crippen LogP) is 6.92. The molecular weight excluding hydrogens is 388 g/mol. The number of hydrogen-bond acceptors (Lipinski definition) is 3. The Balaban J connectivity index is 0. The summed E-state index contributed by atoms with van der Waals surface area (Å²) in [7, 11) is 4.02. The van der Waals surface area contributed by atoms with E-state index >= 15 is 0 Å². The first-order chi connectivity index (χ1) is 14.9. The normalized spacial score (nSPS) is 11.9. The van der Waals surface area contributed by atoms with E-state index in [1.807, 2.05) is 14.1 Å². The van der Waals surface area contributed by atoms with E-state index in [0.717, 1.165) is 12.8 Å². The molecule has 0 aliphatic rings. The number of nitrogens with zero attached hydrogens (tertiary/aromatic N) is 1. The molecule has 0 aliphatic heterocycles. The van der Waals surface area contributed by atoms with E-state index < -0.39 is 5.97 Å². The molecule has 0 aromatic rings. The van der Waals surface area contributed by atoms with E-state index in [2.05, 4.69) is 36.2 Å². The largest absolute Gasteiger partial charge is 0.481 e. The van der Waals surface area contributed by atoms with Crippen LogP contribution in [-0.4, -0.2) is 42.1 Å². The Hall–Kier alpha value is -1.36. The summed E-state index contributed by atoms with van der Waals surface area (Å²) in [6.07, 6.45) is 23.6. The zero-order valence-electron chi connectivity index (χ0n) is 21.3. The van der Waals surface area contributed by atoms with Crippen LogP contribution in [0.3, 0.4) is 0 Å². The summed E-state index contributed by atoms with van der Waals surface area (Å²) >= 11 is 0. The summed E-state index contributed by atoms with van der Waals surface area (Å²) in [5, 5.41) is 10.8. The maximum Gasteiger partial charge on any atom is 0.303 e. The second-order valence-corrected chi connectivity index (χ2v) is 8.54. The van der Waals surface area contributed by atoms with Crippen LogP contribution in [0.4, 0.5) is 0 Å². The molecule has 0 spiro atoms. The van der Waals surface area contributed by atoms with Crippen molar-refractivity contribution in [2.24, 2.45) is 0 Å². The van der Waals surface area contributed by atoms with Gasteiger partial charge >= 0.3 is 5.97 Å². The number of hydrogen-bond donors (Lipinski definition) is 2. The number of carbonyl (C=O) groups is 2. The average molecular weight is 441 g/mol. The molecule has 2 N–H and O–H groups in total. The first-order valence-corrected chi connectivity index (χ1v) is 12.7. The molecule has 0 rings (SSSR count). The number of aliphatic carboxylic acids is 1. The maximum atomic E-state index is 11.9. The molecule has 0 heterocycles. The van der Waals surface area contributed by atoms with Gasteiger partial charge in [-0.2, -0.15) is 0 Å². The van der Waals surface area contributed by atoms with Gasteiger partial charge in [0.15, 0.2) is 0 Å². The molecule has 5 nitrogen and oxygen atoms in total. The molecule has 0 aliphatic carbocycles. The molecule has 0 saturated carbocycles. The van der Waals surface area contributed by atoms with Crippen LogP contribution in [0.1, 0.15) is 124 Å². The van der Waals surface area contributed by atoms with Crippen molar-refractivity contribution in [1.82, 2.24) is 10.2 Å². The fourth-order valence-corrected chi connectivity index (χ4v) is 3.21.